The molecule has 6 amide bonds. The lowest BCUT2D eigenvalue weighted by Gasteiger charge is -2.28. The number of aliphatic hydroxyl groups is 1. The zero-order chi connectivity index (χ0) is 86.6. The minimum absolute atomic E-state index is 0. The van der Waals surface area contributed by atoms with Crippen molar-refractivity contribution in [1.82, 2.24) is 44.2 Å². The highest BCUT2D eigenvalue weighted by atomic mass is 32.2. The number of unbranched alkanes of at least 4 members (excludes halogenated alkanes) is 40. The summed E-state index contributed by atoms with van der Waals surface area (Å²) in [4.78, 5) is 126. The third kappa shape index (κ3) is 61.2. The number of fused-ring (bicyclic) bond motifs is 2. The molecule has 0 aromatic rings. The normalized spacial score (nSPS) is 18.9. The Balaban J connectivity index is 0.0000252. The molecule has 4 aliphatic heterocycles. The number of carbonyl (C=O) groups is 8. The number of aliphatic hydroxyl groups excluding tert-OH is 1. The summed E-state index contributed by atoms with van der Waals surface area (Å²) < 4.78 is 68.1. The van der Waals surface area contributed by atoms with Crippen LogP contribution in [0.15, 0.2) is 24.3 Å². The third-order valence-corrected chi connectivity index (χ3v) is 27.2. The van der Waals surface area contributed by atoms with Crippen molar-refractivity contribution in [3.05, 3.63) is 24.3 Å². The molecule has 4 rings (SSSR count). The molecule has 0 bridgehead atoms. The Morgan fingerprint density at radius 2 is 0.664 bits per heavy atom. The van der Waals surface area contributed by atoms with Gasteiger partial charge in [-0.05, 0) is 116 Å². The van der Waals surface area contributed by atoms with Crippen LogP contribution in [0.4, 0.5) is 9.59 Å². The van der Waals surface area contributed by atoms with Gasteiger partial charge in [-0.2, -0.15) is 23.5 Å². The minimum Gasteiger partial charge on any atom is -0.756 e. The minimum atomic E-state index is -5.29. The SMILES string of the molecule is CCCCCCCC/C=C\CCCCCCCC(=O)OC[C@H](COP(=O)([O-])OCC(O)COP(=O)([O-])OC[C@@H](COC(=O)CCCCCCC/C=C\CCCCCCCC)OC(=O)CCCCCCCCCCCNC(=O)CCCC[C@@H]1SC[C@@H]2NC(=O)N[C@@H]21)OC(=O)CCCCCCCCCCCNC(=O)CCCC[C@@H]1SC[C@@H]2NC(=O)N[C@@H]21.[NH4+].[NH4+]. The van der Waals surface area contributed by atoms with Crippen LogP contribution < -0.4 is 54.0 Å². The van der Waals surface area contributed by atoms with Crippen molar-refractivity contribution in [3.8, 4) is 0 Å². The van der Waals surface area contributed by atoms with Crippen molar-refractivity contribution in [3.63, 3.8) is 0 Å². The van der Waals surface area contributed by atoms with Crippen LogP contribution in [-0.4, -0.2) is 170 Å². The Labute approximate surface area is 741 Å². The molecule has 0 aliphatic carbocycles. The van der Waals surface area contributed by atoms with Gasteiger partial charge in [-0.15, -0.1) is 0 Å². The van der Waals surface area contributed by atoms with Crippen LogP contribution in [0.3, 0.4) is 0 Å². The van der Waals surface area contributed by atoms with Crippen LogP contribution >= 0.6 is 39.2 Å². The number of ether oxygens (including phenoxy) is 4. The maximum Gasteiger partial charge on any atom is 0.315 e. The van der Waals surface area contributed by atoms with Gasteiger partial charge in [0.25, 0.3) is 15.6 Å². The van der Waals surface area contributed by atoms with Gasteiger partial charge < -0.3 is 96.1 Å². The summed E-state index contributed by atoms with van der Waals surface area (Å²) in [5.41, 5.74) is 0. The number of phosphoric acid groups is 2. The number of nitrogens with one attached hydrogen (secondary N) is 6. The lowest BCUT2D eigenvalue weighted by atomic mass is 10.0. The highest BCUT2D eigenvalue weighted by Crippen LogP contribution is 2.41. The average molecular weight is 1810 g/mol. The number of hydrogen-bond donors (Lipinski definition) is 9. The second kappa shape index (κ2) is 74.6. The van der Waals surface area contributed by atoms with Crippen LogP contribution in [0, 0.1) is 0 Å². The van der Waals surface area contributed by atoms with Crippen LogP contribution in [0.2, 0.25) is 0 Å². The molecule has 33 heteroatoms. The summed E-state index contributed by atoms with van der Waals surface area (Å²) in [6.45, 7) is 1.12. The fraction of sp³-hybridized carbons (Fsp3) is 0.865. The Morgan fingerprint density at radius 1 is 0.385 bits per heavy atom. The largest absolute Gasteiger partial charge is 0.756 e. The molecule has 0 radical (unpaired) electrons. The van der Waals surface area contributed by atoms with Gasteiger partial charge in [0, 0.05) is 73.6 Å². The monoisotopic (exact) mass is 1810 g/mol. The van der Waals surface area contributed by atoms with Gasteiger partial charge >= 0.3 is 35.9 Å². The van der Waals surface area contributed by atoms with Crippen molar-refractivity contribution in [2.45, 2.75) is 426 Å². The molecule has 4 fully saturated rings. The number of urea groups is 2. The fourth-order valence-corrected chi connectivity index (χ4v) is 19.8. The molecule has 4 saturated heterocycles. The van der Waals surface area contributed by atoms with Gasteiger partial charge in [-0.1, -0.05) is 244 Å². The van der Waals surface area contributed by atoms with Gasteiger partial charge in [0.05, 0.1) is 50.6 Å². The van der Waals surface area contributed by atoms with E-state index in [4.69, 9.17) is 37.0 Å². The van der Waals surface area contributed by atoms with Gasteiger partial charge in [-0.3, -0.25) is 37.9 Å². The molecule has 0 aromatic carbocycles. The van der Waals surface area contributed by atoms with Crippen LogP contribution in [0.25, 0.3) is 0 Å². The lowest BCUT2D eigenvalue weighted by molar-refractivity contribution is -0.233. The number of allylic oxidation sites excluding steroid dienone is 4. The predicted octanol–water partition coefficient (Wildman–Crippen LogP) is 18.6. The fourth-order valence-electron chi connectivity index (χ4n) is 15.2. The van der Waals surface area contributed by atoms with E-state index in [9.17, 15) is 62.4 Å². The molecule has 0 aromatic heterocycles. The van der Waals surface area contributed by atoms with Gasteiger partial charge in [-0.25, -0.2) is 9.59 Å². The molecule has 10 atom stereocenters. The molecule has 15 N–H and O–H groups in total. The third-order valence-electron chi connectivity index (χ3n) is 22.4. The van der Waals surface area contributed by atoms with E-state index in [1.807, 2.05) is 23.5 Å². The van der Waals surface area contributed by atoms with E-state index in [2.05, 4.69) is 70.1 Å². The number of amides is 6. The molecule has 4 heterocycles. The van der Waals surface area contributed by atoms with E-state index in [1.54, 1.807) is 0 Å². The summed E-state index contributed by atoms with van der Waals surface area (Å²) in [6, 6.07) is 0.602. The number of phosphoric ester groups is 2. The summed E-state index contributed by atoms with van der Waals surface area (Å²) >= 11 is 3.77. The number of carbonyl (C=O) groups excluding carboxylic acids is 8. The number of quaternary nitrogens is 2. The molecular weight excluding hydrogens is 1640 g/mol. The van der Waals surface area contributed by atoms with Crippen LogP contribution in [-0.2, 0) is 74.9 Å². The van der Waals surface area contributed by atoms with Crippen molar-refractivity contribution >= 4 is 86.9 Å². The average Bonchev–Trinajstić information content (AvgIpc) is 1.67. The zero-order valence-electron chi connectivity index (χ0n) is 75.5. The van der Waals surface area contributed by atoms with E-state index >= 15 is 0 Å². The van der Waals surface area contributed by atoms with E-state index in [1.165, 1.54) is 77.0 Å². The van der Waals surface area contributed by atoms with Gasteiger partial charge in [0.1, 0.15) is 19.3 Å². The maximum absolute atomic E-state index is 13.2. The van der Waals surface area contributed by atoms with Crippen LogP contribution in [0.5, 0.6) is 0 Å². The summed E-state index contributed by atoms with van der Waals surface area (Å²) in [5, 5.41) is 29.5. The maximum atomic E-state index is 13.2. The highest BCUT2D eigenvalue weighted by Gasteiger charge is 2.44. The first-order valence-electron chi connectivity index (χ1n) is 47.0. The smallest absolute Gasteiger partial charge is 0.315 e. The highest BCUT2D eigenvalue weighted by molar-refractivity contribution is 8.00. The topological polar surface area (TPSA) is 456 Å². The number of hydrogen-bond acceptors (Lipinski definition) is 23. The Hall–Kier alpha value is -4.36. The second-order valence-corrected chi connectivity index (χ2v) is 38.7. The van der Waals surface area contributed by atoms with Crippen molar-refractivity contribution in [2.75, 3.05) is 64.2 Å². The second-order valence-electron chi connectivity index (χ2n) is 33.3. The molecular formula is C89H166N8O21P2S2. The zero-order valence-corrected chi connectivity index (χ0v) is 78.9. The standard InChI is InChI=1S/C89H160N6O21P2S2.2H3N/c1-3-5-7-9-11-13-15-17-19-21-23-27-33-39-45-59-82(99)109-67-74(115-84(101)61-47-41-35-29-25-31-37-43-53-63-90-80(97)57-51-49-55-78-86-76(71-119-78)92-88(103)94-86)69-113-117(105,106)111-65-73(96)66-112-118(107,108)114-70-75(68-110-83(100)60-46-40-34-28-24-22-20-18-16-14-12-10-8-6-4-2)116-85(102)62-48-42-36-30-26-32-38-44-54-64-91-81(98)58-52-50-56-79-87-77(72-120-79)93-89(104)95-87;;/h17-20,73-79,86-87,96H,3-16,21-72H2,1-2H3,(H,90,97)(H,91,98)(H,105,106)(H,107,108)(H2,92,94,103)(H2,93,95,104);2*1H3/b19-17-,20-18-;;/t74-,75-,76+,77+,78+,79+,86+,87+;;/m1../s1. The van der Waals surface area contributed by atoms with Gasteiger partial charge in [0.2, 0.25) is 11.8 Å². The van der Waals surface area contributed by atoms with E-state index in [-0.39, 0.29) is 86.0 Å². The molecule has 122 heavy (non-hydrogen) atoms. The quantitative estimate of drug-likeness (QED) is 0.00682. The first kappa shape index (κ1) is 114. The van der Waals surface area contributed by atoms with E-state index < -0.39 is 97.5 Å². The Morgan fingerprint density at radius 3 is 0.992 bits per heavy atom. The van der Waals surface area contributed by atoms with Crippen molar-refractivity contribution < 1.29 is 99.4 Å². The predicted molar refractivity (Wildman–Crippen MR) is 484 cm³/mol. The molecule has 2 unspecified atom stereocenters. The first-order chi connectivity index (χ1) is 58.2. The Kier molecular flexibility index (Phi) is 69.5. The Bertz CT molecular complexity index is 2730. The summed E-state index contributed by atoms with van der Waals surface area (Å²) in [6.07, 6.45) is 56.1. The summed E-state index contributed by atoms with van der Waals surface area (Å²) in [7, 11) is -10.6. The van der Waals surface area contributed by atoms with Crippen LogP contribution in [0.1, 0.15) is 373 Å². The number of esters is 4. The van der Waals surface area contributed by atoms with Crippen molar-refractivity contribution in [1.29, 1.82) is 0 Å². The lowest BCUT2D eigenvalue weighted by Crippen LogP contribution is -2.36. The number of rotatable bonds is 82. The first-order valence-corrected chi connectivity index (χ1v) is 52.1. The molecule has 0 saturated carbocycles. The summed E-state index contributed by atoms with van der Waals surface area (Å²) in [5.74, 6) is -0.395. The molecule has 29 nitrogen and oxygen atoms in total. The number of thioether (sulfide) groups is 2. The van der Waals surface area contributed by atoms with Crippen molar-refractivity contribution in [2.24, 2.45) is 0 Å². The molecule has 4 aliphatic rings. The van der Waals surface area contributed by atoms with Gasteiger partial charge in [0.15, 0.2) is 12.2 Å². The molecule has 710 valence electrons. The van der Waals surface area contributed by atoms with E-state index in [0.717, 1.165) is 230 Å². The van der Waals surface area contributed by atoms with E-state index in [0.29, 0.717) is 62.1 Å². The molecule has 0 spiro atoms.